The van der Waals surface area contributed by atoms with Crippen molar-refractivity contribution >= 4 is 17.4 Å². The zero-order valence-corrected chi connectivity index (χ0v) is 12.6. The van der Waals surface area contributed by atoms with Gasteiger partial charge in [0.25, 0.3) is 0 Å². The molecule has 1 aromatic carbocycles. The predicted octanol–water partition coefficient (Wildman–Crippen LogP) is 2.25. The topological polar surface area (TPSA) is 82.0 Å². The van der Waals surface area contributed by atoms with Gasteiger partial charge in [0.15, 0.2) is 5.78 Å². The van der Waals surface area contributed by atoms with Gasteiger partial charge in [-0.05, 0) is 50.8 Å². The maximum atomic E-state index is 13.3. The Hall–Kier alpha value is -2.42. The Balaban J connectivity index is 2.01. The summed E-state index contributed by atoms with van der Waals surface area (Å²) < 4.78 is 13.3. The molecule has 1 aromatic rings. The van der Waals surface area contributed by atoms with Crippen LogP contribution in [-0.2, 0) is 4.79 Å². The van der Waals surface area contributed by atoms with E-state index in [0.717, 1.165) is 12.8 Å². The van der Waals surface area contributed by atoms with Gasteiger partial charge in [-0.1, -0.05) is 0 Å². The van der Waals surface area contributed by atoms with Gasteiger partial charge in [-0.15, -0.1) is 0 Å². The van der Waals surface area contributed by atoms with Gasteiger partial charge in [-0.3, -0.25) is 9.59 Å². The number of nitrogens with zero attached hydrogens (tertiary/aromatic N) is 1. The van der Waals surface area contributed by atoms with Gasteiger partial charge in [0.1, 0.15) is 11.4 Å². The van der Waals surface area contributed by atoms with Gasteiger partial charge in [0.2, 0.25) is 5.91 Å². The zero-order valence-electron chi connectivity index (χ0n) is 12.6. The molecule has 0 aliphatic heterocycles. The molecule has 1 fully saturated rings. The lowest BCUT2D eigenvalue weighted by Crippen LogP contribution is -2.48. The Morgan fingerprint density at radius 3 is 2.68 bits per heavy atom. The number of halogens is 1. The van der Waals surface area contributed by atoms with Crippen LogP contribution >= 0.6 is 0 Å². The van der Waals surface area contributed by atoms with Crippen molar-refractivity contribution in [3.8, 4) is 6.07 Å². The van der Waals surface area contributed by atoms with E-state index >= 15 is 0 Å². The van der Waals surface area contributed by atoms with Crippen molar-refractivity contribution in [2.45, 2.75) is 32.2 Å². The van der Waals surface area contributed by atoms with Crippen LogP contribution in [0.3, 0.4) is 0 Å². The van der Waals surface area contributed by atoms with E-state index in [1.807, 2.05) is 0 Å². The van der Waals surface area contributed by atoms with Crippen LogP contribution in [0.4, 0.5) is 10.1 Å². The first kappa shape index (κ1) is 16.0. The number of carbonyl (C=O) groups excluding carboxylic acids is 2. The summed E-state index contributed by atoms with van der Waals surface area (Å²) in [7, 11) is 0. The fourth-order valence-corrected chi connectivity index (χ4v) is 2.36. The first-order chi connectivity index (χ1) is 10.4. The average Bonchev–Trinajstić information content (AvgIpc) is 3.29. The fraction of sp³-hybridized carbons (Fsp3) is 0.438. The first-order valence-electron chi connectivity index (χ1n) is 7.12. The minimum Gasteiger partial charge on any atom is -0.375 e. The monoisotopic (exact) mass is 303 g/mol. The lowest BCUT2D eigenvalue weighted by molar-refractivity contribution is -0.120. The third-order valence-electron chi connectivity index (χ3n) is 3.83. The highest BCUT2D eigenvalue weighted by molar-refractivity contribution is 6.00. The molecule has 1 aliphatic rings. The number of amides is 1. The van der Waals surface area contributed by atoms with Crippen LogP contribution in [0.25, 0.3) is 0 Å². The minimum absolute atomic E-state index is 0.131. The first-order valence-corrected chi connectivity index (χ1v) is 7.12. The molecular weight excluding hydrogens is 285 g/mol. The van der Waals surface area contributed by atoms with Crippen molar-refractivity contribution in [2.75, 3.05) is 11.9 Å². The molecule has 1 aliphatic carbocycles. The Labute approximate surface area is 128 Å². The molecule has 0 bridgehead atoms. The third kappa shape index (κ3) is 3.61. The average molecular weight is 303 g/mol. The summed E-state index contributed by atoms with van der Waals surface area (Å²) in [6.45, 7) is 2.94. The molecule has 0 heterocycles. The maximum Gasteiger partial charge on any atom is 0.240 e. The molecule has 1 atom stereocenters. The summed E-state index contributed by atoms with van der Waals surface area (Å²) in [5, 5.41) is 14.7. The van der Waals surface area contributed by atoms with Gasteiger partial charge >= 0.3 is 0 Å². The van der Waals surface area contributed by atoms with Crippen molar-refractivity contribution in [3.63, 3.8) is 0 Å². The largest absolute Gasteiger partial charge is 0.375 e. The van der Waals surface area contributed by atoms with Crippen molar-refractivity contribution in [3.05, 3.63) is 29.6 Å². The van der Waals surface area contributed by atoms with E-state index in [1.54, 1.807) is 6.92 Å². The molecule has 116 valence electrons. The third-order valence-corrected chi connectivity index (χ3v) is 3.83. The molecule has 6 heteroatoms. The summed E-state index contributed by atoms with van der Waals surface area (Å²) in [5.41, 5.74) is -0.281. The molecular formula is C16H18FN3O2. The smallest absolute Gasteiger partial charge is 0.240 e. The summed E-state index contributed by atoms with van der Waals surface area (Å²) >= 11 is 0. The number of hydrogen-bond donors (Lipinski definition) is 2. The van der Waals surface area contributed by atoms with E-state index in [2.05, 4.69) is 16.7 Å². The molecule has 0 saturated heterocycles. The summed E-state index contributed by atoms with van der Waals surface area (Å²) in [6, 6.07) is 5.88. The van der Waals surface area contributed by atoms with E-state index in [-0.39, 0.29) is 29.8 Å². The van der Waals surface area contributed by atoms with E-state index < -0.39 is 11.4 Å². The second-order valence-corrected chi connectivity index (χ2v) is 5.74. The number of nitrogens with one attached hydrogen (secondary N) is 2. The summed E-state index contributed by atoms with van der Waals surface area (Å²) in [6.07, 6.45) is 1.85. The van der Waals surface area contributed by atoms with Crippen molar-refractivity contribution in [1.82, 2.24) is 5.32 Å². The SMILES string of the molecule is CC(=O)c1ccc(F)cc1NCC(=O)NC(C)(C#N)C1CC1. The minimum atomic E-state index is -0.871. The molecule has 2 N–H and O–H groups in total. The number of hydrogen-bond acceptors (Lipinski definition) is 4. The highest BCUT2D eigenvalue weighted by Gasteiger charge is 2.42. The van der Waals surface area contributed by atoms with Gasteiger partial charge in [-0.2, -0.15) is 5.26 Å². The molecule has 22 heavy (non-hydrogen) atoms. The van der Waals surface area contributed by atoms with Gasteiger partial charge in [0, 0.05) is 11.3 Å². The second kappa shape index (κ2) is 6.14. The summed E-state index contributed by atoms with van der Waals surface area (Å²) in [4.78, 5) is 23.5. The van der Waals surface area contributed by atoms with E-state index in [4.69, 9.17) is 0 Å². The molecule has 0 aromatic heterocycles. The molecule has 0 radical (unpaired) electrons. The fourth-order valence-electron chi connectivity index (χ4n) is 2.36. The van der Waals surface area contributed by atoms with Crippen LogP contribution in [0.5, 0.6) is 0 Å². The van der Waals surface area contributed by atoms with E-state index in [0.29, 0.717) is 5.56 Å². The van der Waals surface area contributed by atoms with Crippen LogP contribution in [0, 0.1) is 23.1 Å². The van der Waals surface area contributed by atoms with E-state index in [1.165, 1.54) is 25.1 Å². The second-order valence-electron chi connectivity index (χ2n) is 5.74. The highest BCUT2D eigenvalue weighted by atomic mass is 19.1. The molecule has 0 spiro atoms. The molecule has 1 amide bonds. The number of carbonyl (C=O) groups is 2. The number of benzene rings is 1. The zero-order chi connectivity index (χ0) is 16.3. The van der Waals surface area contributed by atoms with Crippen LogP contribution in [0.1, 0.15) is 37.0 Å². The molecule has 2 rings (SSSR count). The van der Waals surface area contributed by atoms with E-state index in [9.17, 15) is 19.2 Å². The van der Waals surface area contributed by atoms with Crippen LogP contribution < -0.4 is 10.6 Å². The number of Topliss-reactive ketones (excluding diaryl/α,β-unsaturated/α-hetero) is 1. The van der Waals surface area contributed by atoms with Crippen molar-refractivity contribution in [1.29, 1.82) is 5.26 Å². The summed E-state index contributed by atoms with van der Waals surface area (Å²) in [5.74, 6) is -0.895. The lowest BCUT2D eigenvalue weighted by Gasteiger charge is -2.23. The van der Waals surface area contributed by atoms with Crippen molar-refractivity contribution in [2.24, 2.45) is 5.92 Å². The van der Waals surface area contributed by atoms with Gasteiger partial charge in [-0.25, -0.2) is 4.39 Å². The molecule has 5 nitrogen and oxygen atoms in total. The highest BCUT2D eigenvalue weighted by Crippen LogP contribution is 2.39. The Kier molecular flexibility index (Phi) is 4.45. The quantitative estimate of drug-likeness (QED) is 0.790. The van der Waals surface area contributed by atoms with Crippen LogP contribution in [0.15, 0.2) is 18.2 Å². The van der Waals surface area contributed by atoms with Crippen molar-refractivity contribution < 1.29 is 14.0 Å². The number of rotatable bonds is 6. The standard InChI is InChI=1S/C16H18FN3O2/c1-10(21)13-6-5-12(17)7-14(13)19-8-15(22)20-16(2,9-18)11-3-4-11/h5-7,11,19H,3-4,8H2,1-2H3,(H,20,22). The molecule has 1 unspecified atom stereocenters. The normalized spacial score (nSPS) is 16.3. The predicted molar refractivity (Wildman–Crippen MR) is 79.8 cm³/mol. The Morgan fingerprint density at radius 1 is 1.45 bits per heavy atom. The van der Waals surface area contributed by atoms with Crippen LogP contribution in [0.2, 0.25) is 0 Å². The Morgan fingerprint density at radius 2 is 2.14 bits per heavy atom. The van der Waals surface area contributed by atoms with Gasteiger partial charge < -0.3 is 10.6 Å². The number of ketones is 1. The number of anilines is 1. The maximum absolute atomic E-state index is 13.3. The van der Waals surface area contributed by atoms with Crippen LogP contribution in [-0.4, -0.2) is 23.8 Å². The lowest BCUT2D eigenvalue weighted by atomic mass is 9.98. The van der Waals surface area contributed by atoms with Gasteiger partial charge in [0.05, 0.1) is 12.6 Å². The molecule has 1 saturated carbocycles. The Bertz CT molecular complexity index is 649. The number of nitriles is 1.